The number of carbonyl (C=O) groups is 2. The van der Waals surface area contributed by atoms with Crippen LogP contribution in [0.1, 0.15) is 62.8 Å². The molecule has 0 aromatic heterocycles. The van der Waals surface area contributed by atoms with Crippen LogP contribution in [0.15, 0.2) is 76.8 Å². The summed E-state index contributed by atoms with van der Waals surface area (Å²) in [5.41, 5.74) is 14.4. The van der Waals surface area contributed by atoms with Gasteiger partial charge in [0.2, 0.25) is 5.90 Å². The molecule has 3 N–H and O–H groups in total. The fourth-order valence-electron chi connectivity index (χ4n) is 4.87. The molecule has 0 radical (unpaired) electrons. The Hall–Kier alpha value is -4.32. The summed E-state index contributed by atoms with van der Waals surface area (Å²) in [5, 5.41) is 13.6. The second-order valence-corrected chi connectivity index (χ2v) is 12.5. The molecule has 47 heavy (non-hydrogen) atoms. The maximum Gasteiger partial charge on any atom is 0.306 e. The Kier molecular flexibility index (Phi) is 12.1. The molecule has 1 amide bonds. The van der Waals surface area contributed by atoms with Gasteiger partial charge >= 0.3 is 5.97 Å². The summed E-state index contributed by atoms with van der Waals surface area (Å²) in [6, 6.07) is 18.7. The zero-order valence-electron chi connectivity index (χ0n) is 26.2. The molecule has 1 aliphatic rings. The molecule has 3 aromatic carbocycles. The summed E-state index contributed by atoms with van der Waals surface area (Å²) in [5.74, 6) is -0.410. The van der Waals surface area contributed by atoms with Crippen molar-refractivity contribution >= 4 is 46.7 Å². The number of aliphatic imine (C=N–C) groups is 1. The monoisotopic (exact) mass is 682 g/mol. The largest absolute Gasteiger partial charge is 0.494 e. The average Bonchev–Trinajstić information content (AvgIpc) is 3.42. The lowest BCUT2D eigenvalue weighted by molar-refractivity contribution is -0.155. The quantitative estimate of drug-likeness (QED) is 0.0415. The summed E-state index contributed by atoms with van der Waals surface area (Å²) < 4.78 is 17.6. The SMILES string of the molecule is CC(C)(C)OC(=O)CC[C@]1(C(=O)NNCc2ccc(Cl)c(Cl)c2)N=C(c2ccc(OCCCO)cc2)O[C@H]1c1ccccc1N=[N+]=[N-]. The van der Waals surface area contributed by atoms with Crippen LogP contribution in [0.2, 0.25) is 10.0 Å². The van der Waals surface area contributed by atoms with E-state index in [9.17, 15) is 15.1 Å². The third kappa shape index (κ3) is 9.37. The van der Waals surface area contributed by atoms with E-state index in [1.165, 1.54) is 0 Å². The second-order valence-electron chi connectivity index (χ2n) is 11.7. The lowest BCUT2D eigenvalue weighted by atomic mass is 9.83. The number of carbonyl (C=O) groups excluding carboxylic acids is 2. The van der Waals surface area contributed by atoms with Gasteiger partial charge < -0.3 is 19.3 Å². The molecule has 0 unspecified atom stereocenters. The number of nitrogens with zero attached hydrogens (tertiary/aromatic N) is 4. The topological polar surface area (TPSA) is 167 Å². The van der Waals surface area contributed by atoms with Crippen LogP contribution in [0.3, 0.4) is 0 Å². The van der Waals surface area contributed by atoms with Crippen LogP contribution in [-0.4, -0.2) is 47.2 Å². The number of aliphatic hydroxyl groups excluding tert-OH is 1. The van der Waals surface area contributed by atoms with Crippen molar-refractivity contribution in [3.05, 3.63) is 104 Å². The number of halogens is 2. The Morgan fingerprint density at radius 1 is 1.11 bits per heavy atom. The molecule has 0 fully saturated rings. The average molecular weight is 684 g/mol. The zero-order valence-corrected chi connectivity index (χ0v) is 27.7. The van der Waals surface area contributed by atoms with E-state index < -0.39 is 29.1 Å². The van der Waals surface area contributed by atoms with E-state index >= 15 is 0 Å². The van der Waals surface area contributed by atoms with Crippen LogP contribution in [0.25, 0.3) is 10.4 Å². The number of esters is 1. The summed E-state index contributed by atoms with van der Waals surface area (Å²) in [6.45, 7) is 5.81. The molecule has 4 rings (SSSR count). The van der Waals surface area contributed by atoms with Crippen molar-refractivity contribution in [3.8, 4) is 5.75 Å². The fourth-order valence-corrected chi connectivity index (χ4v) is 5.19. The standard InChI is InChI=1S/C33H36Cl2N6O6/c1-32(2,3)47-28(43)15-16-33(31(44)40-37-20-21-9-14-25(34)26(35)19-21)29(24-7-4-5-8-27(24)39-41-36)46-30(38-33)22-10-12-23(13-11-22)45-18-6-17-42/h4-5,7-14,19,29,37,42H,6,15-18,20H2,1-3H3,(H,40,44)/t29-,33-/m0/s1. The van der Waals surface area contributed by atoms with Crippen LogP contribution < -0.4 is 15.6 Å². The third-order valence-corrected chi connectivity index (χ3v) is 7.75. The molecular formula is C33H36Cl2N6O6. The number of aliphatic hydroxyl groups is 1. The van der Waals surface area contributed by atoms with E-state index in [-0.39, 0.29) is 37.6 Å². The second kappa shape index (κ2) is 16.0. The van der Waals surface area contributed by atoms with Crippen LogP contribution >= 0.6 is 23.2 Å². The maximum atomic E-state index is 14.3. The smallest absolute Gasteiger partial charge is 0.306 e. The van der Waals surface area contributed by atoms with Gasteiger partial charge in [0.1, 0.15) is 11.4 Å². The fraction of sp³-hybridized carbons (Fsp3) is 0.364. The van der Waals surface area contributed by atoms with Gasteiger partial charge in [0.05, 0.1) is 16.7 Å². The number of hydrogen-bond donors (Lipinski definition) is 3. The predicted octanol–water partition coefficient (Wildman–Crippen LogP) is 6.90. The van der Waals surface area contributed by atoms with Crippen molar-refractivity contribution in [2.75, 3.05) is 13.2 Å². The van der Waals surface area contributed by atoms with Gasteiger partial charge in [0.25, 0.3) is 5.91 Å². The van der Waals surface area contributed by atoms with Gasteiger partial charge in [0, 0.05) is 47.7 Å². The highest BCUT2D eigenvalue weighted by molar-refractivity contribution is 6.42. The lowest BCUT2D eigenvalue weighted by Crippen LogP contribution is -2.52. The van der Waals surface area contributed by atoms with E-state index in [1.807, 2.05) is 0 Å². The van der Waals surface area contributed by atoms with Crippen LogP contribution in [0, 0.1) is 0 Å². The van der Waals surface area contributed by atoms with Gasteiger partial charge in [-0.2, -0.15) is 0 Å². The highest BCUT2D eigenvalue weighted by Crippen LogP contribution is 2.46. The first-order chi connectivity index (χ1) is 22.5. The summed E-state index contributed by atoms with van der Waals surface area (Å²) in [7, 11) is 0. The Morgan fingerprint density at radius 3 is 2.53 bits per heavy atom. The highest BCUT2D eigenvalue weighted by Gasteiger charge is 2.54. The third-order valence-electron chi connectivity index (χ3n) is 7.01. The molecule has 0 bridgehead atoms. The number of azide groups is 1. The van der Waals surface area contributed by atoms with E-state index in [0.717, 1.165) is 5.56 Å². The minimum Gasteiger partial charge on any atom is -0.494 e. The van der Waals surface area contributed by atoms with Gasteiger partial charge in [-0.05, 0) is 74.7 Å². The van der Waals surface area contributed by atoms with Crippen LogP contribution in [0.5, 0.6) is 5.75 Å². The van der Waals surface area contributed by atoms with E-state index in [4.69, 9.17) is 47.5 Å². The number of hydrogen-bond acceptors (Lipinski definition) is 9. The first-order valence-corrected chi connectivity index (χ1v) is 15.6. The minimum atomic E-state index is -1.71. The van der Waals surface area contributed by atoms with Crippen LogP contribution in [-0.2, 0) is 25.6 Å². The predicted molar refractivity (Wildman–Crippen MR) is 179 cm³/mol. The summed E-state index contributed by atoms with van der Waals surface area (Å²) in [6.07, 6.45) is -0.898. The number of nitrogens with one attached hydrogen (secondary N) is 2. The molecule has 0 spiro atoms. The van der Waals surface area contributed by atoms with Gasteiger partial charge in [-0.3, -0.25) is 15.0 Å². The number of ether oxygens (including phenoxy) is 3. The molecule has 2 atom stereocenters. The maximum absolute atomic E-state index is 14.3. The van der Waals surface area contributed by atoms with Crippen LogP contribution in [0.4, 0.5) is 5.69 Å². The number of rotatable bonds is 14. The minimum absolute atomic E-state index is 0.0111. The molecule has 248 valence electrons. The normalized spacial score (nSPS) is 17.2. The van der Waals surface area contributed by atoms with Gasteiger partial charge in [-0.25, -0.2) is 10.4 Å². The summed E-state index contributed by atoms with van der Waals surface area (Å²) >= 11 is 12.2. The van der Waals surface area contributed by atoms with Crippen molar-refractivity contribution in [1.29, 1.82) is 0 Å². The van der Waals surface area contributed by atoms with Crippen molar-refractivity contribution in [1.82, 2.24) is 10.9 Å². The van der Waals surface area contributed by atoms with Gasteiger partial charge in [0.15, 0.2) is 11.6 Å². The van der Waals surface area contributed by atoms with E-state index in [1.54, 1.807) is 87.5 Å². The highest BCUT2D eigenvalue weighted by atomic mass is 35.5. The first-order valence-electron chi connectivity index (χ1n) is 14.9. The Balaban J connectivity index is 1.74. The van der Waals surface area contributed by atoms with Crippen molar-refractivity contribution in [2.45, 2.75) is 63.8 Å². The molecule has 14 heteroatoms. The molecule has 3 aromatic rings. The molecule has 0 saturated carbocycles. The Labute approximate surface area is 282 Å². The number of benzene rings is 3. The van der Waals surface area contributed by atoms with E-state index in [0.29, 0.717) is 39.9 Å². The molecule has 0 aliphatic carbocycles. The van der Waals surface area contributed by atoms with Gasteiger partial charge in [-0.15, -0.1) is 0 Å². The van der Waals surface area contributed by atoms with Crippen molar-refractivity contribution < 1.29 is 28.9 Å². The Bertz CT molecular complexity index is 1660. The number of amides is 1. The molecule has 1 aliphatic heterocycles. The van der Waals surface area contributed by atoms with E-state index in [2.05, 4.69) is 20.9 Å². The molecule has 1 heterocycles. The zero-order chi connectivity index (χ0) is 34.0. The van der Waals surface area contributed by atoms with Crippen molar-refractivity contribution in [2.24, 2.45) is 10.1 Å². The molecule has 0 saturated heterocycles. The number of hydrazine groups is 1. The van der Waals surface area contributed by atoms with Gasteiger partial charge in [-0.1, -0.05) is 58.6 Å². The molecular weight excluding hydrogens is 647 g/mol. The molecule has 12 nitrogen and oxygen atoms in total. The summed E-state index contributed by atoms with van der Waals surface area (Å²) in [4.78, 5) is 35.1. The Morgan fingerprint density at radius 2 is 1.85 bits per heavy atom. The lowest BCUT2D eigenvalue weighted by Gasteiger charge is -2.31. The first kappa shape index (κ1) is 35.5. The van der Waals surface area contributed by atoms with Crippen molar-refractivity contribution in [3.63, 3.8) is 0 Å².